The Morgan fingerprint density at radius 2 is 1.83 bits per heavy atom. The maximum absolute atomic E-state index is 12.5. The number of ether oxygens (including phenoxy) is 1. The maximum Gasteiger partial charge on any atom is 0.254 e. The monoisotopic (exact) mass is 424 g/mol. The summed E-state index contributed by atoms with van der Waals surface area (Å²) in [7, 11) is 0. The highest BCUT2D eigenvalue weighted by Crippen LogP contribution is 2.27. The SMILES string of the molecule is CC1(C)CN(CC(=O)NCc2ccc(C(=O)N3CCOCC3)cc2)CCC1N.Cl. The van der Waals surface area contributed by atoms with Gasteiger partial charge < -0.3 is 20.7 Å². The van der Waals surface area contributed by atoms with Gasteiger partial charge >= 0.3 is 0 Å². The molecule has 0 bridgehead atoms. The highest BCUT2D eigenvalue weighted by Gasteiger charge is 2.33. The van der Waals surface area contributed by atoms with Crippen LogP contribution in [-0.2, 0) is 16.1 Å². The summed E-state index contributed by atoms with van der Waals surface area (Å²) in [4.78, 5) is 28.7. The largest absolute Gasteiger partial charge is 0.378 e. The first-order valence-electron chi connectivity index (χ1n) is 10.1. The van der Waals surface area contributed by atoms with Crippen molar-refractivity contribution in [1.29, 1.82) is 0 Å². The van der Waals surface area contributed by atoms with Crippen LogP contribution in [0.25, 0.3) is 0 Å². The third-order valence-electron chi connectivity index (χ3n) is 5.75. The van der Waals surface area contributed by atoms with Crippen molar-refractivity contribution in [2.24, 2.45) is 11.1 Å². The second-order valence-electron chi connectivity index (χ2n) is 8.47. The summed E-state index contributed by atoms with van der Waals surface area (Å²) in [5, 5.41) is 2.97. The number of hydrogen-bond donors (Lipinski definition) is 2. The molecule has 3 N–H and O–H groups in total. The van der Waals surface area contributed by atoms with Crippen molar-refractivity contribution in [2.45, 2.75) is 32.9 Å². The molecule has 2 aliphatic rings. The Kier molecular flexibility index (Phi) is 8.46. The van der Waals surface area contributed by atoms with Crippen LogP contribution in [-0.4, -0.2) is 73.6 Å². The maximum atomic E-state index is 12.5. The van der Waals surface area contributed by atoms with E-state index >= 15 is 0 Å². The van der Waals surface area contributed by atoms with E-state index in [1.54, 1.807) is 0 Å². The number of halogens is 1. The fourth-order valence-corrected chi connectivity index (χ4v) is 3.79. The first-order valence-corrected chi connectivity index (χ1v) is 10.1. The third-order valence-corrected chi connectivity index (χ3v) is 5.75. The molecule has 3 rings (SSSR count). The van der Waals surface area contributed by atoms with E-state index in [9.17, 15) is 9.59 Å². The Hall–Kier alpha value is -1.67. The Labute approximate surface area is 179 Å². The van der Waals surface area contributed by atoms with E-state index in [2.05, 4.69) is 24.1 Å². The first-order chi connectivity index (χ1) is 13.3. The standard InChI is InChI=1S/C21H32N4O3.ClH/c1-21(2)15-24(8-7-18(21)22)14-19(26)23-13-16-3-5-17(6-4-16)20(27)25-9-11-28-12-10-25;/h3-6,18H,7-15,22H2,1-2H3,(H,23,26);1H. The topological polar surface area (TPSA) is 87.9 Å². The van der Waals surface area contributed by atoms with Crippen LogP contribution in [0, 0.1) is 5.41 Å². The zero-order valence-electron chi connectivity index (χ0n) is 17.4. The number of carbonyl (C=O) groups excluding carboxylic acids is 2. The highest BCUT2D eigenvalue weighted by molar-refractivity contribution is 5.94. The summed E-state index contributed by atoms with van der Waals surface area (Å²) in [6.07, 6.45) is 0.916. The fraction of sp³-hybridized carbons (Fsp3) is 0.619. The Morgan fingerprint density at radius 3 is 2.45 bits per heavy atom. The van der Waals surface area contributed by atoms with E-state index in [1.165, 1.54) is 0 Å². The van der Waals surface area contributed by atoms with Crippen molar-refractivity contribution >= 4 is 24.2 Å². The van der Waals surface area contributed by atoms with Gasteiger partial charge in [-0.2, -0.15) is 0 Å². The molecule has 2 amide bonds. The molecule has 1 aromatic rings. The Morgan fingerprint density at radius 1 is 1.17 bits per heavy atom. The number of amides is 2. The van der Waals surface area contributed by atoms with Gasteiger partial charge in [-0.1, -0.05) is 26.0 Å². The van der Waals surface area contributed by atoms with Gasteiger partial charge in [0, 0.05) is 44.3 Å². The molecule has 0 radical (unpaired) electrons. The number of nitrogens with zero attached hydrogens (tertiary/aromatic N) is 2. The second kappa shape index (κ2) is 10.4. The number of nitrogens with one attached hydrogen (secondary N) is 1. The number of likely N-dealkylation sites (tertiary alicyclic amines) is 1. The van der Waals surface area contributed by atoms with Gasteiger partial charge in [-0.05, 0) is 29.5 Å². The number of carbonyl (C=O) groups is 2. The fourth-order valence-electron chi connectivity index (χ4n) is 3.79. The second-order valence-corrected chi connectivity index (χ2v) is 8.47. The zero-order chi connectivity index (χ0) is 20.1. The molecule has 7 nitrogen and oxygen atoms in total. The van der Waals surface area contributed by atoms with Crippen LogP contribution in [0.2, 0.25) is 0 Å². The number of hydrogen-bond acceptors (Lipinski definition) is 5. The third kappa shape index (κ3) is 6.40. The van der Waals surface area contributed by atoms with Crippen LogP contribution in [0.5, 0.6) is 0 Å². The minimum atomic E-state index is 0. The van der Waals surface area contributed by atoms with E-state index in [0.717, 1.165) is 25.1 Å². The van der Waals surface area contributed by atoms with Crippen molar-refractivity contribution in [3.63, 3.8) is 0 Å². The van der Waals surface area contributed by atoms with Crippen molar-refractivity contribution in [1.82, 2.24) is 15.1 Å². The van der Waals surface area contributed by atoms with E-state index in [0.29, 0.717) is 45.0 Å². The van der Waals surface area contributed by atoms with Gasteiger partial charge in [0.05, 0.1) is 19.8 Å². The molecule has 1 atom stereocenters. The summed E-state index contributed by atoms with van der Waals surface area (Å²) in [6, 6.07) is 7.64. The lowest BCUT2D eigenvalue weighted by Crippen LogP contribution is -2.54. The number of piperidine rings is 1. The predicted octanol–water partition coefficient (Wildman–Crippen LogP) is 1.26. The van der Waals surface area contributed by atoms with Crippen molar-refractivity contribution < 1.29 is 14.3 Å². The van der Waals surface area contributed by atoms with E-state index in [4.69, 9.17) is 10.5 Å². The molecule has 162 valence electrons. The molecule has 2 saturated heterocycles. The summed E-state index contributed by atoms with van der Waals surface area (Å²) in [6.45, 7) is 9.31. The van der Waals surface area contributed by atoms with Crippen LogP contribution >= 0.6 is 12.4 Å². The molecule has 0 saturated carbocycles. The van der Waals surface area contributed by atoms with Gasteiger partial charge in [0.2, 0.25) is 5.91 Å². The average molecular weight is 425 g/mol. The van der Waals surface area contributed by atoms with Crippen LogP contribution in [0.3, 0.4) is 0 Å². The van der Waals surface area contributed by atoms with Crippen LogP contribution in [0.4, 0.5) is 0 Å². The molecule has 2 aliphatic heterocycles. The van der Waals surface area contributed by atoms with E-state index < -0.39 is 0 Å². The predicted molar refractivity (Wildman–Crippen MR) is 115 cm³/mol. The first kappa shape index (κ1) is 23.6. The summed E-state index contributed by atoms with van der Waals surface area (Å²) < 4.78 is 5.29. The normalized spacial score (nSPS) is 21.9. The average Bonchev–Trinajstić information content (AvgIpc) is 2.69. The quantitative estimate of drug-likeness (QED) is 0.742. The summed E-state index contributed by atoms with van der Waals surface area (Å²) in [5.41, 5.74) is 7.84. The van der Waals surface area contributed by atoms with Crippen molar-refractivity contribution in [2.75, 3.05) is 45.9 Å². The smallest absolute Gasteiger partial charge is 0.254 e. The minimum absolute atomic E-state index is 0. The van der Waals surface area contributed by atoms with Crippen molar-refractivity contribution in [3.8, 4) is 0 Å². The van der Waals surface area contributed by atoms with Gasteiger partial charge in [-0.3, -0.25) is 14.5 Å². The van der Waals surface area contributed by atoms with Gasteiger partial charge in [-0.15, -0.1) is 12.4 Å². The van der Waals surface area contributed by atoms with Crippen LogP contribution < -0.4 is 11.1 Å². The summed E-state index contributed by atoms with van der Waals surface area (Å²) in [5.74, 6) is 0.0459. The molecule has 1 aromatic carbocycles. The highest BCUT2D eigenvalue weighted by atomic mass is 35.5. The number of rotatable bonds is 5. The minimum Gasteiger partial charge on any atom is -0.378 e. The van der Waals surface area contributed by atoms with Crippen LogP contribution in [0.1, 0.15) is 36.2 Å². The Balaban J connectivity index is 0.00000300. The summed E-state index contributed by atoms with van der Waals surface area (Å²) >= 11 is 0. The van der Waals surface area contributed by atoms with Gasteiger partial charge in [-0.25, -0.2) is 0 Å². The lowest BCUT2D eigenvalue weighted by atomic mass is 9.80. The Bertz CT molecular complexity index is 690. The number of nitrogens with two attached hydrogens (primary N) is 1. The molecule has 0 spiro atoms. The molecular formula is C21H33ClN4O3. The lowest BCUT2D eigenvalue weighted by molar-refractivity contribution is -0.123. The molecule has 2 heterocycles. The molecule has 2 fully saturated rings. The van der Waals surface area contributed by atoms with Crippen LogP contribution in [0.15, 0.2) is 24.3 Å². The zero-order valence-corrected chi connectivity index (χ0v) is 18.2. The van der Waals surface area contributed by atoms with Gasteiger partial charge in [0.1, 0.15) is 0 Å². The molecule has 0 aliphatic carbocycles. The van der Waals surface area contributed by atoms with E-state index in [-0.39, 0.29) is 35.7 Å². The molecule has 8 heteroatoms. The van der Waals surface area contributed by atoms with Crippen molar-refractivity contribution in [3.05, 3.63) is 35.4 Å². The molecule has 1 unspecified atom stereocenters. The molecule has 0 aromatic heterocycles. The number of morpholine rings is 1. The van der Waals surface area contributed by atoms with E-state index in [1.807, 2.05) is 29.2 Å². The van der Waals surface area contributed by atoms with Gasteiger partial charge in [0.15, 0.2) is 0 Å². The molecule has 29 heavy (non-hydrogen) atoms. The lowest BCUT2D eigenvalue weighted by Gasteiger charge is -2.42. The molecular weight excluding hydrogens is 392 g/mol. The van der Waals surface area contributed by atoms with Gasteiger partial charge in [0.25, 0.3) is 5.91 Å². The number of benzene rings is 1.